The Hall–Kier alpha value is -1.86. The van der Waals surface area contributed by atoms with Gasteiger partial charge in [0.25, 0.3) is 0 Å². The number of hydrogen-bond acceptors (Lipinski definition) is 5. The molecule has 2 aromatic heterocycles. The van der Waals surface area contributed by atoms with Gasteiger partial charge in [0, 0.05) is 19.3 Å². The predicted octanol–water partition coefficient (Wildman–Crippen LogP) is 2.32. The second-order valence-electron chi connectivity index (χ2n) is 4.40. The van der Waals surface area contributed by atoms with Crippen LogP contribution in [0.5, 0.6) is 0 Å². The smallest absolute Gasteiger partial charge is 0.244 e. The Kier molecular flexibility index (Phi) is 4.98. The molecule has 0 radical (unpaired) electrons. The molecular weight excluding hydrogens is 290 g/mol. The lowest BCUT2D eigenvalue weighted by molar-refractivity contribution is 0.445. The van der Waals surface area contributed by atoms with Crippen molar-refractivity contribution < 1.29 is 12.8 Å². The molecule has 0 atom stereocenters. The summed E-state index contributed by atoms with van der Waals surface area (Å²) in [6.45, 7) is 5.01. The topological polar surface area (TPSA) is 75.4 Å². The second-order valence-corrected chi connectivity index (χ2v) is 6.34. The van der Waals surface area contributed by atoms with E-state index in [1.807, 2.05) is 26.0 Å². The fraction of sp³-hybridized carbons (Fsp3) is 0.357. The fourth-order valence-electron chi connectivity index (χ4n) is 1.94. The van der Waals surface area contributed by atoms with Gasteiger partial charge in [-0.3, -0.25) is 0 Å². The van der Waals surface area contributed by atoms with E-state index in [1.165, 1.54) is 10.5 Å². The van der Waals surface area contributed by atoms with Gasteiger partial charge in [0.05, 0.1) is 12.8 Å². The summed E-state index contributed by atoms with van der Waals surface area (Å²) in [5.41, 5.74) is 0. The third-order valence-electron chi connectivity index (χ3n) is 3.10. The van der Waals surface area contributed by atoms with E-state index in [-0.39, 0.29) is 4.90 Å². The van der Waals surface area contributed by atoms with Gasteiger partial charge in [0.1, 0.15) is 16.5 Å². The van der Waals surface area contributed by atoms with Gasteiger partial charge < -0.3 is 9.73 Å². The highest BCUT2D eigenvalue weighted by Gasteiger charge is 2.21. The summed E-state index contributed by atoms with van der Waals surface area (Å²) in [6.07, 6.45) is 2.97. The highest BCUT2D eigenvalue weighted by atomic mass is 32.2. The van der Waals surface area contributed by atoms with E-state index in [1.54, 1.807) is 18.4 Å². The van der Waals surface area contributed by atoms with E-state index in [0.717, 1.165) is 5.76 Å². The number of nitrogens with zero attached hydrogens (tertiary/aromatic N) is 2. The van der Waals surface area contributed by atoms with Crippen molar-refractivity contribution in [1.29, 1.82) is 0 Å². The molecule has 2 aromatic rings. The monoisotopic (exact) mass is 309 g/mol. The van der Waals surface area contributed by atoms with E-state index in [2.05, 4.69) is 10.3 Å². The molecule has 114 valence electrons. The lowest BCUT2D eigenvalue weighted by atomic mass is 10.4. The summed E-state index contributed by atoms with van der Waals surface area (Å²) in [7, 11) is -3.45. The third kappa shape index (κ3) is 3.62. The number of hydrogen-bond donors (Lipinski definition) is 1. The standard InChI is InChI=1S/C14H19N3O3S/c1-3-17(4-2)21(18,19)13-7-8-14(16-11-13)15-10-12-6-5-9-20-12/h5-9,11H,3-4,10H2,1-2H3,(H,15,16). The van der Waals surface area contributed by atoms with Crippen LogP contribution in [0.3, 0.4) is 0 Å². The van der Waals surface area contributed by atoms with Crippen molar-refractivity contribution in [3.63, 3.8) is 0 Å². The first-order valence-corrected chi connectivity index (χ1v) is 8.24. The van der Waals surface area contributed by atoms with Gasteiger partial charge in [0.2, 0.25) is 10.0 Å². The Balaban J connectivity index is 2.08. The largest absolute Gasteiger partial charge is 0.467 e. The van der Waals surface area contributed by atoms with Gasteiger partial charge in [-0.2, -0.15) is 4.31 Å². The minimum atomic E-state index is -3.45. The Morgan fingerprint density at radius 3 is 2.52 bits per heavy atom. The van der Waals surface area contributed by atoms with E-state index in [9.17, 15) is 8.42 Å². The maximum atomic E-state index is 12.3. The van der Waals surface area contributed by atoms with Gasteiger partial charge in [-0.05, 0) is 24.3 Å². The molecule has 0 bridgehead atoms. The molecule has 2 heterocycles. The van der Waals surface area contributed by atoms with Crippen LogP contribution in [0.15, 0.2) is 46.0 Å². The first-order chi connectivity index (χ1) is 10.1. The van der Waals surface area contributed by atoms with Crippen molar-refractivity contribution in [2.24, 2.45) is 0 Å². The van der Waals surface area contributed by atoms with Gasteiger partial charge in [-0.25, -0.2) is 13.4 Å². The minimum absolute atomic E-state index is 0.203. The van der Waals surface area contributed by atoms with E-state index in [0.29, 0.717) is 25.5 Å². The van der Waals surface area contributed by atoms with Crippen molar-refractivity contribution in [3.8, 4) is 0 Å². The quantitative estimate of drug-likeness (QED) is 0.849. The molecule has 0 aliphatic heterocycles. The molecule has 0 aliphatic carbocycles. The number of rotatable bonds is 7. The fourth-order valence-corrected chi connectivity index (χ4v) is 3.34. The van der Waals surface area contributed by atoms with Gasteiger partial charge in [0.15, 0.2) is 0 Å². The SMILES string of the molecule is CCN(CC)S(=O)(=O)c1ccc(NCc2ccco2)nc1. The molecule has 0 fully saturated rings. The average molecular weight is 309 g/mol. The predicted molar refractivity (Wildman–Crippen MR) is 80.4 cm³/mol. The van der Waals surface area contributed by atoms with Gasteiger partial charge in [-0.15, -0.1) is 0 Å². The first-order valence-electron chi connectivity index (χ1n) is 6.80. The molecule has 0 saturated heterocycles. The van der Waals surface area contributed by atoms with Crippen LogP contribution in [0.1, 0.15) is 19.6 Å². The molecule has 21 heavy (non-hydrogen) atoms. The molecule has 2 rings (SSSR count). The Morgan fingerprint density at radius 1 is 1.24 bits per heavy atom. The molecule has 0 aliphatic rings. The maximum absolute atomic E-state index is 12.3. The Bertz CT molecular complexity index is 647. The summed E-state index contributed by atoms with van der Waals surface area (Å²) in [5, 5.41) is 3.07. The number of anilines is 1. The number of sulfonamides is 1. The van der Waals surface area contributed by atoms with E-state index >= 15 is 0 Å². The molecule has 0 spiro atoms. The molecule has 0 unspecified atom stereocenters. The molecular formula is C14H19N3O3S. The van der Waals surface area contributed by atoms with Crippen molar-refractivity contribution in [2.75, 3.05) is 18.4 Å². The molecule has 0 amide bonds. The molecule has 6 nitrogen and oxygen atoms in total. The van der Waals surface area contributed by atoms with Crippen LogP contribution in [-0.4, -0.2) is 30.8 Å². The summed E-state index contributed by atoms with van der Waals surface area (Å²) >= 11 is 0. The Morgan fingerprint density at radius 2 is 2.00 bits per heavy atom. The molecule has 1 N–H and O–H groups in total. The molecule has 0 aromatic carbocycles. The van der Waals surface area contributed by atoms with Crippen LogP contribution in [0, 0.1) is 0 Å². The van der Waals surface area contributed by atoms with Crippen LogP contribution in [-0.2, 0) is 16.6 Å². The first kappa shape index (κ1) is 15.5. The van der Waals surface area contributed by atoms with Crippen molar-refractivity contribution in [3.05, 3.63) is 42.5 Å². The number of pyridine rings is 1. The van der Waals surface area contributed by atoms with Gasteiger partial charge >= 0.3 is 0 Å². The normalized spacial score (nSPS) is 11.8. The lowest BCUT2D eigenvalue weighted by Gasteiger charge is -2.18. The Labute approximate surface area is 124 Å². The van der Waals surface area contributed by atoms with Crippen molar-refractivity contribution in [2.45, 2.75) is 25.3 Å². The highest BCUT2D eigenvalue weighted by molar-refractivity contribution is 7.89. The zero-order chi connectivity index (χ0) is 15.3. The van der Waals surface area contributed by atoms with E-state index in [4.69, 9.17) is 4.42 Å². The zero-order valence-electron chi connectivity index (χ0n) is 12.1. The number of aromatic nitrogens is 1. The van der Waals surface area contributed by atoms with Crippen molar-refractivity contribution in [1.82, 2.24) is 9.29 Å². The van der Waals surface area contributed by atoms with Crippen LogP contribution in [0.2, 0.25) is 0 Å². The summed E-state index contributed by atoms with van der Waals surface area (Å²) < 4.78 is 31.2. The molecule has 7 heteroatoms. The number of nitrogens with one attached hydrogen (secondary N) is 1. The summed E-state index contributed by atoms with van der Waals surface area (Å²) in [4.78, 5) is 4.34. The number of furan rings is 1. The van der Waals surface area contributed by atoms with Gasteiger partial charge in [-0.1, -0.05) is 13.8 Å². The molecule has 0 saturated carbocycles. The maximum Gasteiger partial charge on any atom is 0.244 e. The van der Waals surface area contributed by atoms with E-state index < -0.39 is 10.0 Å². The summed E-state index contributed by atoms with van der Waals surface area (Å²) in [6, 6.07) is 6.88. The minimum Gasteiger partial charge on any atom is -0.467 e. The third-order valence-corrected chi connectivity index (χ3v) is 5.14. The van der Waals surface area contributed by atoms with Crippen LogP contribution in [0.4, 0.5) is 5.82 Å². The zero-order valence-corrected chi connectivity index (χ0v) is 12.9. The average Bonchev–Trinajstić information content (AvgIpc) is 3.00. The van der Waals surface area contributed by atoms with Crippen LogP contribution >= 0.6 is 0 Å². The van der Waals surface area contributed by atoms with Crippen LogP contribution < -0.4 is 5.32 Å². The summed E-state index contributed by atoms with van der Waals surface area (Å²) in [5.74, 6) is 1.39. The second kappa shape index (κ2) is 6.73. The van der Waals surface area contributed by atoms with Crippen LogP contribution in [0.25, 0.3) is 0 Å². The highest BCUT2D eigenvalue weighted by Crippen LogP contribution is 2.16. The lowest BCUT2D eigenvalue weighted by Crippen LogP contribution is -2.30. The van der Waals surface area contributed by atoms with Crippen molar-refractivity contribution >= 4 is 15.8 Å².